The Morgan fingerprint density at radius 3 is 1.81 bits per heavy atom. The third-order valence-corrected chi connectivity index (χ3v) is 4.79. The number of esters is 2. The van der Waals surface area contributed by atoms with E-state index in [1.54, 1.807) is 48.5 Å². The average Bonchev–Trinajstić information content (AvgIpc) is 2.79. The van der Waals surface area contributed by atoms with Crippen LogP contribution < -0.4 is 9.47 Å². The number of carbonyl (C=O) groups excluding carboxylic acids is 2. The molecule has 1 atom stereocenters. The maximum atomic E-state index is 12.4. The molecule has 0 N–H and O–H groups in total. The van der Waals surface area contributed by atoms with Gasteiger partial charge in [0.1, 0.15) is 11.5 Å². The second kappa shape index (κ2) is 10.3. The van der Waals surface area contributed by atoms with Gasteiger partial charge >= 0.3 is 11.9 Å². The minimum absolute atomic E-state index is 0.172. The van der Waals surface area contributed by atoms with Gasteiger partial charge in [-0.25, -0.2) is 4.79 Å². The molecule has 3 rings (SSSR count). The highest BCUT2D eigenvalue weighted by Gasteiger charge is 2.14. The van der Waals surface area contributed by atoms with Crippen LogP contribution in [0, 0.1) is 24.7 Å². The van der Waals surface area contributed by atoms with Crippen molar-refractivity contribution in [2.75, 3.05) is 0 Å². The molecule has 0 saturated carbocycles. The second-order valence-corrected chi connectivity index (χ2v) is 7.28. The average molecular weight is 412 g/mol. The van der Waals surface area contributed by atoms with Crippen LogP contribution in [0.15, 0.2) is 72.8 Å². The van der Waals surface area contributed by atoms with Crippen molar-refractivity contribution >= 4 is 11.9 Å². The summed E-state index contributed by atoms with van der Waals surface area (Å²) in [5.41, 5.74) is 3.33. The lowest BCUT2D eigenvalue weighted by atomic mass is 10.1. The molecule has 0 aliphatic rings. The molecule has 0 amide bonds. The Morgan fingerprint density at radius 1 is 0.774 bits per heavy atom. The fourth-order valence-electron chi connectivity index (χ4n) is 2.60. The molecule has 0 aliphatic carbocycles. The number of rotatable bonds is 5. The van der Waals surface area contributed by atoms with Gasteiger partial charge in [0.25, 0.3) is 0 Å². The maximum absolute atomic E-state index is 12.4. The number of benzene rings is 3. The fourth-order valence-corrected chi connectivity index (χ4v) is 2.60. The molecule has 31 heavy (non-hydrogen) atoms. The lowest BCUT2D eigenvalue weighted by Gasteiger charge is -2.09. The van der Waals surface area contributed by atoms with Crippen molar-refractivity contribution in [3.63, 3.8) is 0 Å². The summed E-state index contributed by atoms with van der Waals surface area (Å²) in [6, 6.07) is 21.3. The molecule has 0 fully saturated rings. The first kappa shape index (κ1) is 21.9. The molecule has 4 nitrogen and oxygen atoms in total. The number of aryl methyl sites for hydroxylation is 1. The summed E-state index contributed by atoms with van der Waals surface area (Å²) in [5.74, 6) is 6.09. The zero-order valence-corrected chi connectivity index (χ0v) is 17.8. The van der Waals surface area contributed by atoms with Crippen LogP contribution in [0.25, 0.3) is 0 Å². The Hall–Kier alpha value is -3.84. The third-order valence-electron chi connectivity index (χ3n) is 4.79. The first-order valence-corrected chi connectivity index (χ1v) is 10.2. The number of ether oxygens (including phenoxy) is 2. The molecule has 0 saturated heterocycles. The van der Waals surface area contributed by atoms with E-state index < -0.39 is 5.97 Å². The van der Waals surface area contributed by atoms with Crippen LogP contribution in [0.3, 0.4) is 0 Å². The van der Waals surface area contributed by atoms with Crippen LogP contribution in [0.2, 0.25) is 0 Å². The van der Waals surface area contributed by atoms with E-state index in [9.17, 15) is 9.59 Å². The Morgan fingerprint density at radius 2 is 1.26 bits per heavy atom. The summed E-state index contributed by atoms with van der Waals surface area (Å²) < 4.78 is 10.7. The smallest absolute Gasteiger partial charge is 0.343 e. The van der Waals surface area contributed by atoms with Crippen molar-refractivity contribution < 1.29 is 19.1 Å². The summed E-state index contributed by atoms with van der Waals surface area (Å²) in [5, 5.41) is 0. The number of hydrogen-bond acceptors (Lipinski definition) is 4. The van der Waals surface area contributed by atoms with Gasteiger partial charge in [0.05, 0.1) is 11.5 Å². The summed E-state index contributed by atoms with van der Waals surface area (Å²) in [6.07, 6.45) is 0.708. The first-order valence-electron chi connectivity index (χ1n) is 10.2. The zero-order valence-electron chi connectivity index (χ0n) is 17.8. The molecule has 3 aromatic rings. The molecule has 0 radical (unpaired) electrons. The monoisotopic (exact) mass is 412 g/mol. The van der Waals surface area contributed by atoms with Crippen LogP contribution in [0.4, 0.5) is 0 Å². The highest BCUT2D eigenvalue weighted by molar-refractivity contribution is 5.91. The van der Waals surface area contributed by atoms with E-state index in [0.717, 1.165) is 11.1 Å². The number of carbonyl (C=O) groups is 2. The SMILES string of the molecule is CCC(C)C(=O)Oc1ccc(C(=O)Oc2ccc(C#Cc3ccc(C)cc3)cc2)cc1. The Bertz CT molecular complexity index is 1100. The molecule has 0 aromatic heterocycles. The zero-order chi connectivity index (χ0) is 22.2. The first-order chi connectivity index (χ1) is 14.9. The van der Waals surface area contributed by atoms with Gasteiger partial charge in [-0.1, -0.05) is 43.4 Å². The summed E-state index contributed by atoms with van der Waals surface area (Å²) >= 11 is 0. The van der Waals surface area contributed by atoms with Crippen molar-refractivity contribution in [2.24, 2.45) is 5.92 Å². The Balaban J connectivity index is 1.59. The van der Waals surface area contributed by atoms with Crippen LogP contribution in [0.5, 0.6) is 11.5 Å². The molecular formula is C27H24O4. The van der Waals surface area contributed by atoms with Crippen LogP contribution in [-0.2, 0) is 4.79 Å². The Kier molecular flexibility index (Phi) is 7.24. The van der Waals surface area contributed by atoms with Gasteiger partial charge in [-0.2, -0.15) is 0 Å². The van der Waals surface area contributed by atoms with Gasteiger partial charge in [-0.15, -0.1) is 0 Å². The van der Waals surface area contributed by atoms with E-state index in [0.29, 0.717) is 23.5 Å². The summed E-state index contributed by atoms with van der Waals surface area (Å²) in [7, 11) is 0. The van der Waals surface area contributed by atoms with E-state index >= 15 is 0 Å². The van der Waals surface area contributed by atoms with E-state index in [2.05, 4.69) is 11.8 Å². The molecule has 0 bridgehead atoms. The van der Waals surface area contributed by atoms with E-state index in [1.807, 2.05) is 45.0 Å². The van der Waals surface area contributed by atoms with E-state index in [4.69, 9.17) is 9.47 Å². The minimum Gasteiger partial charge on any atom is -0.426 e. The molecular weight excluding hydrogens is 388 g/mol. The largest absolute Gasteiger partial charge is 0.426 e. The summed E-state index contributed by atoms with van der Waals surface area (Å²) in [6.45, 7) is 5.77. The normalized spacial score (nSPS) is 11.1. The molecule has 0 spiro atoms. The molecule has 1 unspecified atom stereocenters. The van der Waals surface area contributed by atoms with Crippen LogP contribution >= 0.6 is 0 Å². The Labute approximate surface area is 182 Å². The topological polar surface area (TPSA) is 52.6 Å². The number of hydrogen-bond donors (Lipinski definition) is 0. The predicted octanol–water partition coefficient (Wildman–Crippen LogP) is 5.57. The van der Waals surface area contributed by atoms with Crippen molar-refractivity contribution in [2.45, 2.75) is 27.2 Å². The van der Waals surface area contributed by atoms with Crippen molar-refractivity contribution in [3.05, 3.63) is 95.1 Å². The standard InChI is InChI=1S/C27H24O4/c1-4-20(3)26(28)30-25-17-13-23(14-18-25)27(29)31-24-15-11-22(12-16-24)10-9-21-7-5-19(2)6-8-21/h5-8,11-18,20H,4H2,1-3H3. The van der Waals surface area contributed by atoms with Gasteiger partial charge in [-0.3, -0.25) is 4.79 Å². The molecule has 156 valence electrons. The van der Waals surface area contributed by atoms with E-state index in [1.165, 1.54) is 5.56 Å². The third kappa shape index (κ3) is 6.32. The van der Waals surface area contributed by atoms with Gasteiger partial charge < -0.3 is 9.47 Å². The minimum atomic E-state index is -0.488. The lowest BCUT2D eigenvalue weighted by molar-refractivity contribution is -0.138. The molecule has 4 heteroatoms. The predicted molar refractivity (Wildman–Crippen MR) is 120 cm³/mol. The van der Waals surface area contributed by atoms with Crippen molar-refractivity contribution in [1.82, 2.24) is 0 Å². The van der Waals surface area contributed by atoms with Gasteiger partial charge in [0, 0.05) is 11.1 Å². The van der Waals surface area contributed by atoms with Gasteiger partial charge in [-0.05, 0) is 74.0 Å². The highest BCUT2D eigenvalue weighted by Crippen LogP contribution is 2.18. The second-order valence-electron chi connectivity index (χ2n) is 7.28. The lowest BCUT2D eigenvalue weighted by Crippen LogP contribution is -2.17. The van der Waals surface area contributed by atoms with Gasteiger partial charge in [0.2, 0.25) is 0 Å². The van der Waals surface area contributed by atoms with Crippen molar-refractivity contribution in [1.29, 1.82) is 0 Å². The van der Waals surface area contributed by atoms with Crippen LogP contribution in [0.1, 0.15) is 47.3 Å². The van der Waals surface area contributed by atoms with Crippen molar-refractivity contribution in [3.8, 4) is 23.3 Å². The van der Waals surface area contributed by atoms with E-state index in [-0.39, 0.29) is 11.9 Å². The van der Waals surface area contributed by atoms with Crippen LogP contribution in [-0.4, -0.2) is 11.9 Å². The summed E-state index contributed by atoms with van der Waals surface area (Å²) in [4.78, 5) is 24.2. The van der Waals surface area contributed by atoms with Gasteiger partial charge in [0.15, 0.2) is 0 Å². The highest BCUT2D eigenvalue weighted by atomic mass is 16.5. The molecule has 0 heterocycles. The molecule has 0 aliphatic heterocycles. The fraction of sp³-hybridized carbons (Fsp3) is 0.185. The maximum Gasteiger partial charge on any atom is 0.343 e. The quantitative estimate of drug-likeness (QED) is 0.312. The molecule has 3 aromatic carbocycles.